The van der Waals surface area contributed by atoms with Gasteiger partial charge in [-0.3, -0.25) is 4.90 Å². The molecule has 0 aromatic heterocycles. The van der Waals surface area contributed by atoms with Gasteiger partial charge in [-0.15, -0.1) is 0 Å². The zero-order valence-corrected chi connectivity index (χ0v) is 12.3. The normalized spacial score (nSPS) is 30.6. The fourth-order valence-corrected chi connectivity index (χ4v) is 3.30. The minimum Gasteiger partial charge on any atom is -0.492 e. The second-order valence-corrected chi connectivity index (χ2v) is 5.58. The van der Waals surface area contributed by atoms with Crippen LogP contribution < -0.4 is 10.1 Å². The summed E-state index contributed by atoms with van der Waals surface area (Å²) < 4.78 is 11.8. The third-order valence-corrected chi connectivity index (χ3v) is 4.45. The average Bonchev–Trinajstić information content (AvgIpc) is 2.53. The molecule has 0 amide bonds. The highest BCUT2D eigenvalue weighted by Crippen LogP contribution is 2.34. The molecule has 2 heterocycles. The van der Waals surface area contributed by atoms with Crippen LogP contribution in [0.5, 0.6) is 5.75 Å². The smallest absolute Gasteiger partial charge is 0.124 e. The van der Waals surface area contributed by atoms with Gasteiger partial charge in [0, 0.05) is 18.7 Å². The highest BCUT2D eigenvalue weighted by Gasteiger charge is 2.36. The molecule has 3 unspecified atom stereocenters. The second kappa shape index (κ2) is 6.12. The molecular weight excluding hydrogens is 252 g/mol. The molecule has 3 rings (SSSR count). The topological polar surface area (TPSA) is 33.7 Å². The highest BCUT2D eigenvalue weighted by molar-refractivity contribution is 5.38. The summed E-state index contributed by atoms with van der Waals surface area (Å²) in [7, 11) is 2.04. The summed E-state index contributed by atoms with van der Waals surface area (Å²) in [5.74, 6) is 1.02. The van der Waals surface area contributed by atoms with Crippen molar-refractivity contribution in [1.82, 2.24) is 10.2 Å². The van der Waals surface area contributed by atoms with E-state index in [0.717, 1.165) is 38.5 Å². The first-order valence-electron chi connectivity index (χ1n) is 7.58. The highest BCUT2D eigenvalue weighted by atomic mass is 16.5. The summed E-state index contributed by atoms with van der Waals surface area (Å²) in [5, 5.41) is 3.48. The van der Waals surface area contributed by atoms with Crippen LogP contribution in [0.3, 0.4) is 0 Å². The van der Waals surface area contributed by atoms with Crippen molar-refractivity contribution in [1.29, 1.82) is 0 Å². The van der Waals surface area contributed by atoms with Gasteiger partial charge in [0.25, 0.3) is 0 Å². The van der Waals surface area contributed by atoms with Gasteiger partial charge < -0.3 is 14.8 Å². The van der Waals surface area contributed by atoms with Crippen molar-refractivity contribution >= 4 is 0 Å². The summed E-state index contributed by atoms with van der Waals surface area (Å²) in [6, 6.07) is 9.06. The lowest BCUT2D eigenvalue weighted by atomic mass is 9.94. The summed E-state index contributed by atoms with van der Waals surface area (Å²) in [4.78, 5) is 2.52. The molecule has 1 saturated heterocycles. The Bertz CT molecular complexity index is 452. The van der Waals surface area contributed by atoms with E-state index in [1.165, 1.54) is 5.56 Å². The van der Waals surface area contributed by atoms with E-state index in [2.05, 4.69) is 35.3 Å². The quantitative estimate of drug-likeness (QED) is 0.913. The SMILES string of the molecule is CCC1CN(C2COc3ccccc3C2NC)CCO1. The molecule has 0 spiro atoms. The van der Waals surface area contributed by atoms with Crippen molar-refractivity contribution in [2.75, 3.05) is 33.4 Å². The number of fused-ring (bicyclic) bond motifs is 1. The first-order chi connectivity index (χ1) is 9.83. The molecular formula is C16H24N2O2. The maximum atomic E-state index is 5.97. The molecule has 20 heavy (non-hydrogen) atoms. The number of hydrogen-bond donors (Lipinski definition) is 1. The van der Waals surface area contributed by atoms with Crippen LogP contribution in [0.4, 0.5) is 0 Å². The van der Waals surface area contributed by atoms with Crippen LogP contribution in [0.2, 0.25) is 0 Å². The van der Waals surface area contributed by atoms with Gasteiger partial charge in [0.2, 0.25) is 0 Å². The van der Waals surface area contributed by atoms with Crippen molar-refractivity contribution in [3.63, 3.8) is 0 Å². The van der Waals surface area contributed by atoms with E-state index < -0.39 is 0 Å². The van der Waals surface area contributed by atoms with E-state index in [0.29, 0.717) is 18.2 Å². The Morgan fingerprint density at radius 3 is 3.00 bits per heavy atom. The van der Waals surface area contributed by atoms with Crippen LogP contribution in [-0.2, 0) is 4.74 Å². The van der Waals surface area contributed by atoms with E-state index in [-0.39, 0.29) is 0 Å². The Balaban J connectivity index is 1.80. The van der Waals surface area contributed by atoms with E-state index in [4.69, 9.17) is 9.47 Å². The van der Waals surface area contributed by atoms with E-state index in [1.807, 2.05) is 13.1 Å². The third kappa shape index (κ3) is 2.55. The predicted octanol–water partition coefficient (Wildman–Crippen LogP) is 1.82. The molecule has 1 N–H and O–H groups in total. The Hall–Kier alpha value is -1.10. The van der Waals surface area contributed by atoms with Gasteiger partial charge in [-0.1, -0.05) is 25.1 Å². The Kier molecular flexibility index (Phi) is 4.24. The van der Waals surface area contributed by atoms with Crippen LogP contribution in [0, 0.1) is 0 Å². The van der Waals surface area contributed by atoms with Gasteiger partial charge in [0.15, 0.2) is 0 Å². The molecule has 1 aromatic rings. The molecule has 4 nitrogen and oxygen atoms in total. The molecule has 0 bridgehead atoms. The second-order valence-electron chi connectivity index (χ2n) is 5.58. The van der Waals surface area contributed by atoms with E-state index in [9.17, 15) is 0 Å². The number of likely N-dealkylation sites (N-methyl/N-ethyl adjacent to an activating group) is 1. The summed E-state index contributed by atoms with van der Waals surface area (Å²) >= 11 is 0. The lowest BCUT2D eigenvalue weighted by molar-refractivity contribution is -0.0588. The van der Waals surface area contributed by atoms with Crippen molar-refractivity contribution in [3.05, 3.63) is 29.8 Å². The molecule has 2 aliphatic rings. The van der Waals surface area contributed by atoms with E-state index >= 15 is 0 Å². The summed E-state index contributed by atoms with van der Waals surface area (Å²) in [6.07, 6.45) is 1.43. The van der Waals surface area contributed by atoms with E-state index in [1.54, 1.807) is 0 Å². The van der Waals surface area contributed by atoms with Crippen LogP contribution in [0.15, 0.2) is 24.3 Å². The number of nitrogens with one attached hydrogen (secondary N) is 1. The zero-order valence-electron chi connectivity index (χ0n) is 12.3. The van der Waals surface area contributed by atoms with Crippen molar-refractivity contribution in [2.24, 2.45) is 0 Å². The summed E-state index contributed by atoms with van der Waals surface area (Å²) in [5.41, 5.74) is 1.27. The number of para-hydroxylation sites is 1. The van der Waals surface area contributed by atoms with Crippen LogP contribution in [0.1, 0.15) is 24.9 Å². The maximum Gasteiger partial charge on any atom is 0.124 e. The Morgan fingerprint density at radius 2 is 2.20 bits per heavy atom. The van der Waals surface area contributed by atoms with Gasteiger partial charge in [-0.05, 0) is 19.5 Å². The molecule has 110 valence electrons. The van der Waals surface area contributed by atoms with Crippen molar-refractivity contribution in [2.45, 2.75) is 31.5 Å². The monoisotopic (exact) mass is 276 g/mol. The lowest BCUT2D eigenvalue weighted by Gasteiger charge is -2.43. The van der Waals surface area contributed by atoms with Crippen molar-refractivity contribution < 1.29 is 9.47 Å². The molecule has 0 radical (unpaired) electrons. The number of rotatable bonds is 3. The van der Waals surface area contributed by atoms with Gasteiger partial charge in [0.1, 0.15) is 12.4 Å². The lowest BCUT2D eigenvalue weighted by Crippen LogP contribution is -2.55. The Labute approximate surface area is 121 Å². The Morgan fingerprint density at radius 1 is 1.35 bits per heavy atom. The fourth-order valence-electron chi connectivity index (χ4n) is 3.30. The minimum absolute atomic E-state index is 0.329. The van der Waals surface area contributed by atoms with Gasteiger partial charge in [0.05, 0.1) is 24.8 Å². The first-order valence-corrected chi connectivity index (χ1v) is 7.58. The van der Waals surface area contributed by atoms with Crippen LogP contribution >= 0.6 is 0 Å². The number of benzene rings is 1. The molecule has 0 saturated carbocycles. The molecule has 4 heteroatoms. The maximum absolute atomic E-state index is 5.97. The van der Waals surface area contributed by atoms with Gasteiger partial charge >= 0.3 is 0 Å². The molecule has 2 aliphatic heterocycles. The number of nitrogens with zero attached hydrogens (tertiary/aromatic N) is 1. The number of morpholine rings is 1. The number of ether oxygens (including phenoxy) is 2. The average molecular weight is 276 g/mol. The zero-order chi connectivity index (χ0) is 13.9. The predicted molar refractivity (Wildman–Crippen MR) is 79.1 cm³/mol. The van der Waals surface area contributed by atoms with Gasteiger partial charge in [-0.2, -0.15) is 0 Å². The molecule has 1 aromatic carbocycles. The summed E-state index contributed by atoms with van der Waals surface area (Å²) in [6.45, 7) is 5.76. The van der Waals surface area contributed by atoms with Crippen molar-refractivity contribution in [3.8, 4) is 5.75 Å². The van der Waals surface area contributed by atoms with Crippen LogP contribution in [-0.4, -0.2) is 50.4 Å². The largest absolute Gasteiger partial charge is 0.492 e. The fraction of sp³-hybridized carbons (Fsp3) is 0.625. The van der Waals surface area contributed by atoms with Crippen LogP contribution in [0.25, 0.3) is 0 Å². The van der Waals surface area contributed by atoms with Gasteiger partial charge in [-0.25, -0.2) is 0 Å². The number of hydrogen-bond acceptors (Lipinski definition) is 4. The minimum atomic E-state index is 0.329. The third-order valence-electron chi connectivity index (χ3n) is 4.45. The first kappa shape index (κ1) is 13.9. The standard InChI is InChI=1S/C16H24N2O2/c1-3-12-10-18(8-9-19-12)14-11-20-15-7-5-4-6-13(15)16(14)17-2/h4-7,12,14,16-17H,3,8-11H2,1-2H3. The molecule has 3 atom stereocenters. The molecule has 0 aliphatic carbocycles. The molecule has 1 fully saturated rings.